The molecule has 1 heterocycles. The molecule has 3 rings (SSSR count). The number of nitrogens with zero attached hydrogens (tertiary/aromatic N) is 1. The Balaban J connectivity index is 2.22. The Kier molecular flexibility index (Phi) is 3.43. The lowest BCUT2D eigenvalue weighted by atomic mass is 9.62. The molecule has 2 aromatic rings. The number of benzene rings is 1. The minimum atomic E-state index is 0.248. The molecule has 116 valence electrons. The molecule has 1 aliphatic carbocycles. The van der Waals surface area contributed by atoms with E-state index in [0.717, 1.165) is 5.69 Å². The maximum Gasteiger partial charge on any atom is 0.0704 e. The van der Waals surface area contributed by atoms with Crippen molar-refractivity contribution in [2.45, 2.75) is 65.2 Å². The van der Waals surface area contributed by atoms with Crippen LogP contribution in [0.2, 0.25) is 0 Å². The summed E-state index contributed by atoms with van der Waals surface area (Å²) in [6, 6.07) is 9.11. The Morgan fingerprint density at radius 2 is 1.45 bits per heavy atom. The molecule has 1 aliphatic rings. The Morgan fingerprint density at radius 3 is 2.00 bits per heavy atom. The van der Waals surface area contributed by atoms with E-state index in [2.05, 4.69) is 70.8 Å². The number of rotatable bonds is 1. The lowest BCUT2D eigenvalue weighted by Crippen LogP contribution is -2.34. The molecule has 0 saturated heterocycles. The van der Waals surface area contributed by atoms with Gasteiger partial charge < -0.3 is 0 Å². The van der Waals surface area contributed by atoms with Crippen LogP contribution >= 0.6 is 0 Å². The summed E-state index contributed by atoms with van der Waals surface area (Å²) in [5.74, 6) is 0. The first-order chi connectivity index (χ1) is 10.2. The van der Waals surface area contributed by atoms with Gasteiger partial charge in [0.1, 0.15) is 0 Å². The van der Waals surface area contributed by atoms with E-state index in [0.29, 0.717) is 0 Å². The van der Waals surface area contributed by atoms with Crippen LogP contribution in [0, 0.1) is 13.8 Å². The van der Waals surface area contributed by atoms with Crippen molar-refractivity contribution < 1.29 is 0 Å². The van der Waals surface area contributed by atoms with Crippen molar-refractivity contribution in [1.29, 1.82) is 0 Å². The molecule has 1 nitrogen and oxygen atoms in total. The van der Waals surface area contributed by atoms with Gasteiger partial charge in [0.25, 0.3) is 0 Å². The Morgan fingerprint density at radius 1 is 0.864 bits per heavy atom. The molecule has 0 aliphatic heterocycles. The van der Waals surface area contributed by atoms with E-state index in [-0.39, 0.29) is 10.8 Å². The summed E-state index contributed by atoms with van der Waals surface area (Å²) in [5.41, 5.74) is 8.47. The maximum atomic E-state index is 4.64. The fraction of sp³-hybridized carbons (Fsp3) is 0.476. The molecule has 1 heteroatoms. The van der Waals surface area contributed by atoms with Crippen LogP contribution in [0.3, 0.4) is 0 Å². The highest BCUT2D eigenvalue weighted by atomic mass is 14.7. The lowest BCUT2D eigenvalue weighted by Gasteiger charge is -2.42. The molecular weight excluding hydrogens is 266 g/mol. The van der Waals surface area contributed by atoms with Gasteiger partial charge in [0.15, 0.2) is 0 Å². The minimum Gasteiger partial charge on any atom is -0.256 e. The summed E-state index contributed by atoms with van der Waals surface area (Å²) >= 11 is 0. The highest BCUT2D eigenvalue weighted by Crippen LogP contribution is 2.47. The molecule has 0 N–H and O–H groups in total. The standard InChI is InChI=1S/C21H27N/c1-14-7-8-19(22-13-14)16-12-18-17(11-15(16)2)20(3,4)9-10-21(18,5)6/h7-8,11-13H,9-10H2,1-6H3. The first-order valence-electron chi connectivity index (χ1n) is 8.29. The van der Waals surface area contributed by atoms with Gasteiger partial charge in [-0.1, -0.05) is 39.8 Å². The third-order valence-corrected chi connectivity index (χ3v) is 5.39. The van der Waals surface area contributed by atoms with Crippen LogP contribution in [0.1, 0.15) is 62.8 Å². The van der Waals surface area contributed by atoms with Crippen LogP contribution in [0.4, 0.5) is 0 Å². The second-order valence-electron chi connectivity index (χ2n) is 8.20. The topological polar surface area (TPSA) is 12.9 Å². The quantitative estimate of drug-likeness (QED) is 0.656. The van der Waals surface area contributed by atoms with Crippen LogP contribution in [-0.2, 0) is 10.8 Å². The van der Waals surface area contributed by atoms with Crippen LogP contribution < -0.4 is 0 Å². The van der Waals surface area contributed by atoms with Crippen LogP contribution in [0.25, 0.3) is 11.3 Å². The monoisotopic (exact) mass is 293 g/mol. The Bertz CT molecular complexity index is 705. The summed E-state index contributed by atoms with van der Waals surface area (Å²) in [5, 5.41) is 0. The van der Waals surface area contributed by atoms with Gasteiger partial charge in [-0.3, -0.25) is 4.98 Å². The van der Waals surface area contributed by atoms with E-state index in [1.54, 1.807) is 0 Å². The third kappa shape index (κ3) is 2.47. The average molecular weight is 293 g/mol. The van der Waals surface area contributed by atoms with Crippen molar-refractivity contribution in [3.8, 4) is 11.3 Å². The van der Waals surface area contributed by atoms with E-state index in [1.807, 2.05) is 6.20 Å². The number of hydrogen-bond acceptors (Lipinski definition) is 1. The number of pyridine rings is 1. The SMILES string of the molecule is Cc1ccc(-c2cc3c(cc2C)C(C)(C)CCC3(C)C)nc1. The van der Waals surface area contributed by atoms with Gasteiger partial charge in [-0.25, -0.2) is 0 Å². The van der Waals surface area contributed by atoms with Gasteiger partial charge >= 0.3 is 0 Å². The second-order valence-corrected chi connectivity index (χ2v) is 8.20. The molecule has 0 amide bonds. The highest BCUT2D eigenvalue weighted by molar-refractivity contribution is 5.67. The molecule has 0 spiro atoms. The number of hydrogen-bond donors (Lipinski definition) is 0. The van der Waals surface area contributed by atoms with Crippen molar-refractivity contribution in [2.75, 3.05) is 0 Å². The van der Waals surface area contributed by atoms with Gasteiger partial charge in [-0.2, -0.15) is 0 Å². The van der Waals surface area contributed by atoms with Crippen molar-refractivity contribution in [1.82, 2.24) is 4.98 Å². The molecule has 0 bridgehead atoms. The van der Waals surface area contributed by atoms with E-state index in [1.165, 1.54) is 40.7 Å². The van der Waals surface area contributed by atoms with Gasteiger partial charge in [0.2, 0.25) is 0 Å². The van der Waals surface area contributed by atoms with Crippen molar-refractivity contribution >= 4 is 0 Å². The van der Waals surface area contributed by atoms with Crippen molar-refractivity contribution in [3.63, 3.8) is 0 Å². The summed E-state index contributed by atoms with van der Waals surface area (Å²) in [6.07, 6.45) is 4.47. The first kappa shape index (κ1) is 15.3. The lowest BCUT2D eigenvalue weighted by molar-refractivity contribution is 0.332. The van der Waals surface area contributed by atoms with E-state index < -0.39 is 0 Å². The summed E-state index contributed by atoms with van der Waals surface area (Å²) < 4.78 is 0. The molecule has 0 saturated carbocycles. The molecule has 0 unspecified atom stereocenters. The van der Waals surface area contributed by atoms with E-state index in [4.69, 9.17) is 0 Å². The van der Waals surface area contributed by atoms with Crippen molar-refractivity contribution in [2.24, 2.45) is 0 Å². The zero-order chi connectivity index (χ0) is 16.1. The minimum absolute atomic E-state index is 0.248. The Hall–Kier alpha value is -1.63. The fourth-order valence-electron chi connectivity index (χ4n) is 3.63. The molecule has 22 heavy (non-hydrogen) atoms. The van der Waals surface area contributed by atoms with Gasteiger partial charge in [-0.15, -0.1) is 0 Å². The summed E-state index contributed by atoms with van der Waals surface area (Å²) in [7, 11) is 0. The van der Waals surface area contributed by atoms with Gasteiger partial charge in [0.05, 0.1) is 5.69 Å². The van der Waals surface area contributed by atoms with Gasteiger partial charge in [0, 0.05) is 11.8 Å². The number of aryl methyl sites for hydroxylation is 2. The molecular formula is C21H27N. The van der Waals surface area contributed by atoms with E-state index in [9.17, 15) is 0 Å². The van der Waals surface area contributed by atoms with Crippen LogP contribution in [0.15, 0.2) is 30.5 Å². The molecule has 1 aromatic heterocycles. The first-order valence-corrected chi connectivity index (χ1v) is 8.29. The third-order valence-electron chi connectivity index (χ3n) is 5.39. The highest BCUT2D eigenvalue weighted by Gasteiger charge is 2.37. The normalized spacial score (nSPS) is 18.8. The summed E-state index contributed by atoms with van der Waals surface area (Å²) in [4.78, 5) is 4.64. The van der Waals surface area contributed by atoms with E-state index >= 15 is 0 Å². The molecule has 0 fully saturated rings. The van der Waals surface area contributed by atoms with Crippen LogP contribution in [-0.4, -0.2) is 4.98 Å². The van der Waals surface area contributed by atoms with Crippen molar-refractivity contribution in [3.05, 3.63) is 52.7 Å². The maximum absolute atomic E-state index is 4.64. The largest absolute Gasteiger partial charge is 0.256 e. The second kappa shape index (κ2) is 4.94. The Labute approximate surface area is 134 Å². The predicted octanol–water partition coefficient (Wildman–Crippen LogP) is 5.71. The zero-order valence-electron chi connectivity index (χ0n) is 14.7. The molecule has 0 atom stereocenters. The average Bonchev–Trinajstić information content (AvgIpc) is 2.45. The van der Waals surface area contributed by atoms with Crippen LogP contribution in [0.5, 0.6) is 0 Å². The smallest absolute Gasteiger partial charge is 0.0704 e. The van der Waals surface area contributed by atoms with Gasteiger partial charge in [-0.05, 0) is 71.9 Å². The fourth-order valence-corrected chi connectivity index (χ4v) is 3.63. The molecule has 0 radical (unpaired) electrons. The summed E-state index contributed by atoms with van der Waals surface area (Å²) in [6.45, 7) is 13.8. The number of fused-ring (bicyclic) bond motifs is 1. The number of aromatic nitrogens is 1. The zero-order valence-corrected chi connectivity index (χ0v) is 14.7. The predicted molar refractivity (Wildman–Crippen MR) is 94.4 cm³/mol. The molecule has 1 aromatic carbocycles.